The van der Waals surface area contributed by atoms with Gasteiger partial charge in [-0.3, -0.25) is 4.72 Å². The number of hydrogen-bond donors (Lipinski definition) is 2. The zero-order valence-electron chi connectivity index (χ0n) is 10.3. The third-order valence-corrected chi connectivity index (χ3v) is 6.08. The predicted molar refractivity (Wildman–Crippen MR) is 83.5 cm³/mol. The molecule has 2 aromatic heterocycles. The quantitative estimate of drug-likeness (QED) is 0.745. The van der Waals surface area contributed by atoms with Gasteiger partial charge in [0.25, 0.3) is 10.0 Å². The lowest BCUT2D eigenvalue weighted by Crippen LogP contribution is -2.14. The molecular formula is C11H8ClN3O3S3. The van der Waals surface area contributed by atoms with Gasteiger partial charge < -0.3 is 5.11 Å². The summed E-state index contributed by atoms with van der Waals surface area (Å²) in [6, 6.07) is 4.66. The van der Waals surface area contributed by atoms with E-state index in [1.165, 1.54) is 17.4 Å². The molecule has 3 rings (SSSR count). The van der Waals surface area contributed by atoms with Crippen LogP contribution in [0, 0.1) is 0 Å². The van der Waals surface area contributed by atoms with Crippen molar-refractivity contribution in [3.63, 3.8) is 0 Å². The van der Waals surface area contributed by atoms with Crippen LogP contribution in [-0.2, 0) is 16.6 Å². The largest absolute Gasteiger partial charge is 0.391 e. The molecule has 2 N–H and O–H groups in total. The number of hydrogen-bond acceptors (Lipinski definition) is 7. The lowest BCUT2D eigenvalue weighted by molar-refractivity contribution is 0.282. The van der Waals surface area contributed by atoms with Gasteiger partial charge in [-0.05, 0) is 23.6 Å². The number of sulfonamides is 1. The Morgan fingerprint density at radius 2 is 2.10 bits per heavy atom. The first-order valence-corrected chi connectivity index (χ1v) is 9.11. The van der Waals surface area contributed by atoms with E-state index in [-0.39, 0.29) is 22.2 Å². The molecule has 3 aromatic rings. The lowest BCUT2D eigenvalue weighted by atomic mass is 10.3. The van der Waals surface area contributed by atoms with E-state index < -0.39 is 10.0 Å². The van der Waals surface area contributed by atoms with Crippen molar-refractivity contribution >= 4 is 61.4 Å². The third-order valence-electron chi connectivity index (χ3n) is 2.75. The second-order valence-corrected chi connectivity index (χ2v) is 7.61. The van der Waals surface area contributed by atoms with Crippen LogP contribution in [-0.4, -0.2) is 22.3 Å². The molecule has 0 saturated carbocycles. The number of nitrogens with one attached hydrogen (secondary N) is 1. The maximum atomic E-state index is 12.4. The minimum Gasteiger partial charge on any atom is -0.391 e. The summed E-state index contributed by atoms with van der Waals surface area (Å²) in [5.41, 5.74) is 1.16. The maximum Gasteiger partial charge on any atom is 0.263 e. The van der Waals surface area contributed by atoms with Crippen molar-refractivity contribution in [3.8, 4) is 0 Å². The zero-order valence-corrected chi connectivity index (χ0v) is 13.5. The first-order chi connectivity index (χ1) is 10.0. The number of thiophene rings is 1. The average molecular weight is 362 g/mol. The standard InChI is InChI=1S/C11H8ClN3O3S3/c12-6-1-2-7-11(14-20-13-7)10(6)15-21(17,18)9-3-4-19-8(9)5-16/h1-4,15-16H,5H2. The van der Waals surface area contributed by atoms with Gasteiger partial charge in [0.1, 0.15) is 15.9 Å². The van der Waals surface area contributed by atoms with Crippen LogP contribution in [0.2, 0.25) is 5.02 Å². The van der Waals surface area contributed by atoms with Crippen molar-refractivity contribution in [3.05, 3.63) is 33.5 Å². The predicted octanol–water partition coefficient (Wildman–Crippen LogP) is 2.70. The highest BCUT2D eigenvalue weighted by Gasteiger charge is 2.22. The van der Waals surface area contributed by atoms with Gasteiger partial charge in [0.2, 0.25) is 0 Å². The van der Waals surface area contributed by atoms with Crippen LogP contribution in [0.4, 0.5) is 5.69 Å². The molecule has 0 bridgehead atoms. The number of aliphatic hydroxyl groups excluding tert-OH is 1. The molecule has 0 aliphatic rings. The van der Waals surface area contributed by atoms with Crippen molar-refractivity contribution in [2.45, 2.75) is 11.5 Å². The summed E-state index contributed by atoms with van der Waals surface area (Å²) in [6.45, 7) is -0.343. The number of anilines is 1. The Labute approximate surface area is 133 Å². The van der Waals surface area contributed by atoms with E-state index in [9.17, 15) is 13.5 Å². The normalized spacial score (nSPS) is 11.9. The summed E-state index contributed by atoms with van der Waals surface area (Å²) in [6.07, 6.45) is 0. The summed E-state index contributed by atoms with van der Waals surface area (Å²) < 4.78 is 35.4. The van der Waals surface area contributed by atoms with E-state index in [1.807, 2.05) is 0 Å². The van der Waals surface area contributed by atoms with Crippen LogP contribution in [0.3, 0.4) is 0 Å². The van der Waals surface area contributed by atoms with Gasteiger partial charge in [-0.1, -0.05) is 11.6 Å². The van der Waals surface area contributed by atoms with Crippen molar-refractivity contribution in [1.82, 2.24) is 8.75 Å². The molecule has 0 atom stereocenters. The van der Waals surface area contributed by atoms with Crippen LogP contribution in [0.15, 0.2) is 28.5 Å². The molecule has 0 unspecified atom stereocenters. The Kier molecular flexibility index (Phi) is 3.84. The number of fused-ring (bicyclic) bond motifs is 1. The SMILES string of the molecule is O=S(=O)(Nc1c(Cl)ccc2nsnc12)c1ccsc1CO. The molecule has 0 spiro atoms. The Balaban J connectivity index is 2.09. The second kappa shape index (κ2) is 5.50. The number of aliphatic hydroxyl groups is 1. The average Bonchev–Trinajstić information content (AvgIpc) is 3.10. The Bertz CT molecular complexity index is 904. The molecule has 0 fully saturated rings. The molecule has 110 valence electrons. The van der Waals surface area contributed by atoms with E-state index in [0.29, 0.717) is 15.9 Å². The topological polar surface area (TPSA) is 92.2 Å². The second-order valence-electron chi connectivity index (χ2n) is 4.03. The lowest BCUT2D eigenvalue weighted by Gasteiger charge is -2.10. The molecule has 1 aromatic carbocycles. The Morgan fingerprint density at radius 3 is 2.86 bits per heavy atom. The Hall–Kier alpha value is -1.26. The first kappa shape index (κ1) is 14.7. The highest BCUT2D eigenvalue weighted by molar-refractivity contribution is 7.93. The summed E-state index contributed by atoms with van der Waals surface area (Å²) in [5.74, 6) is 0. The van der Waals surface area contributed by atoms with Crippen molar-refractivity contribution in [1.29, 1.82) is 0 Å². The summed E-state index contributed by atoms with van der Waals surface area (Å²) >= 11 is 8.21. The molecule has 6 nitrogen and oxygen atoms in total. The molecule has 0 saturated heterocycles. The fraction of sp³-hybridized carbons (Fsp3) is 0.0909. The smallest absolute Gasteiger partial charge is 0.263 e. The van der Waals surface area contributed by atoms with Gasteiger partial charge in [-0.2, -0.15) is 8.75 Å². The third kappa shape index (κ3) is 2.62. The highest BCUT2D eigenvalue weighted by Crippen LogP contribution is 2.33. The molecule has 0 amide bonds. The van der Waals surface area contributed by atoms with E-state index in [1.54, 1.807) is 17.5 Å². The van der Waals surface area contributed by atoms with E-state index >= 15 is 0 Å². The van der Waals surface area contributed by atoms with Gasteiger partial charge >= 0.3 is 0 Å². The maximum absolute atomic E-state index is 12.4. The highest BCUT2D eigenvalue weighted by atomic mass is 35.5. The number of halogens is 1. The molecule has 2 heterocycles. The number of aromatic nitrogens is 2. The van der Waals surface area contributed by atoms with Crippen molar-refractivity contribution < 1.29 is 13.5 Å². The minimum absolute atomic E-state index is 0.0336. The molecule has 0 radical (unpaired) electrons. The fourth-order valence-corrected chi connectivity index (χ4v) is 4.98. The van der Waals surface area contributed by atoms with Crippen LogP contribution in [0.1, 0.15) is 4.88 Å². The van der Waals surface area contributed by atoms with E-state index in [2.05, 4.69) is 13.5 Å². The van der Waals surface area contributed by atoms with Crippen molar-refractivity contribution in [2.75, 3.05) is 4.72 Å². The molecule has 0 aliphatic heterocycles. The fourth-order valence-electron chi connectivity index (χ4n) is 1.80. The molecule has 10 heteroatoms. The van der Waals surface area contributed by atoms with Gasteiger partial charge in [-0.15, -0.1) is 11.3 Å². The zero-order chi connectivity index (χ0) is 15.0. The number of benzene rings is 1. The van der Waals surface area contributed by atoms with Gasteiger partial charge in [0, 0.05) is 0 Å². The molecular weight excluding hydrogens is 354 g/mol. The number of nitrogens with zero attached hydrogens (tertiary/aromatic N) is 2. The molecule has 21 heavy (non-hydrogen) atoms. The number of rotatable bonds is 4. The van der Waals surface area contributed by atoms with Crippen LogP contribution in [0.5, 0.6) is 0 Å². The minimum atomic E-state index is -3.85. The summed E-state index contributed by atoms with van der Waals surface area (Å²) in [7, 11) is -3.85. The van der Waals surface area contributed by atoms with Gasteiger partial charge in [-0.25, -0.2) is 8.42 Å². The van der Waals surface area contributed by atoms with Crippen LogP contribution < -0.4 is 4.72 Å². The Morgan fingerprint density at radius 1 is 1.29 bits per heavy atom. The van der Waals surface area contributed by atoms with Crippen molar-refractivity contribution in [2.24, 2.45) is 0 Å². The van der Waals surface area contributed by atoms with E-state index in [0.717, 1.165) is 11.7 Å². The van der Waals surface area contributed by atoms with Crippen LogP contribution >= 0.6 is 34.7 Å². The monoisotopic (exact) mass is 361 g/mol. The van der Waals surface area contributed by atoms with Crippen LogP contribution in [0.25, 0.3) is 11.0 Å². The summed E-state index contributed by atoms with van der Waals surface area (Å²) in [5, 5.41) is 11.0. The van der Waals surface area contributed by atoms with Gasteiger partial charge in [0.05, 0.1) is 33.9 Å². The summed E-state index contributed by atoms with van der Waals surface area (Å²) in [4.78, 5) is 0.397. The molecule has 0 aliphatic carbocycles. The first-order valence-electron chi connectivity index (χ1n) is 5.64. The van der Waals surface area contributed by atoms with E-state index in [4.69, 9.17) is 11.6 Å². The van der Waals surface area contributed by atoms with Gasteiger partial charge in [0.15, 0.2) is 0 Å².